The van der Waals surface area contributed by atoms with Crippen LogP contribution in [0.5, 0.6) is 0 Å². The second kappa shape index (κ2) is 9.61. The molecule has 0 atom stereocenters. The lowest BCUT2D eigenvalue weighted by Crippen LogP contribution is -2.05. The third-order valence-corrected chi connectivity index (χ3v) is 4.04. The summed E-state index contributed by atoms with van der Waals surface area (Å²) in [5.41, 5.74) is 4.10. The van der Waals surface area contributed by atoms with Crippen LogP contribution in [0.15, 0.2) is 84.0 Å². The van der Waals surface area contributed by atoms with Crippen LogP contribution in [0, 0.1) is 32.1 Å². The highest BCUT2D eigenvalue weighted by Gasteiger charge is 2.19. The first-order valence-electron chi connectivity index (χ1n) is 8.89. The maximum atomic E-state index is 11.3. The van der Waals surface area contributed by atoms with E-state index < -0.39 is 15.5 Å². The number of anilines is 1. The second-order valence-electron chi connectivity index (χ2n) is 6.16. The summed E-state index contributed by atoms with van der Waals surface area (Å²) in [6.45, 7) is 0. The molecule has 0 aliphatic rings. The Morgan fingerprint density at radius 3 is 2.20 bits per heavy atom. The fourth-order valence-corrected chi connectivity index (χ4v) is 2.57. The van der Waals surface area contributed by atoms with Crippen molar-refractivity contribution in [2.45, 2.75) is 6.42 Å². The van der Waals surface area contributed by atoms with Crippen LogP contribution in [0.2, 0.25) is 0 Å². The van der Waals surface area contributed by atoms with Gasteiger partial charge in [-0.05, 0) is 29.7 Å². The number of nitro groups is 2. The lowest BCUT2D eigenvalue weighted by atomic mass is 10.1. The van der Waals surface area contributed by atoms with Crippen LogP contribution in [-0.2, 0) is 6.42 Å². The molecule has 0 aliphatic carbocycles. The van der Waals surface area contributed by atoms with Gasteiger partial charge in [-0.15, -0.1) is 0 Å². The smallest absolute Gasteiger partial charge is 0.271 e. The number of nitrogens with zero attached hydrogens (tertiary/aromatic N) is 3. The van der Waals surface area contributed by atoms with E-state index in [9.17, 15) is 20.2 Å². The van der Waals surface area contributed by atoms with Gasteiger partial charge in [0.1, 0.15) is 11.4 Å². The number of rotatable bonds is 6. The SMILES string of the molecule is O=[N+]([O-])c1ccc(NN=C(C#Cc2ccccc2)Cc2ccccc2)c([N+](=O)[O-])c1. The molecule has 0 heterocycles. The predicted octanol–water partition coefficient (Wildman–Crippen LogP) is 4.57. The minimum Gasteiger partial charge on any atom is -0.271 e. The second-order valence-corrected chi connectivity index (χ2v) is 6.16. The van der Waals surface area contributed by atoms with E-state index in [0.29, 0.717) is 12.1 Å². The molecule has 0 amide bonds. The quantitative estimate of drug-likeness (QED) is 0.282. The summed E-state index contributed by atoms with van der Waals surface area (Å²) in [5.74, 6) is 6.01. The van der Waals surface area contributed by atoms with E-state index in [1.807, 2.05) is 60.7 Å². The summed E-state index contributed by atoms with van der Waals surface area (Å²) >= 11 is 0. The molecule has 0 radical (unpaired) electrons. The molecule has 0 saturated heterocycles. The van der Waals surface area contributed by atoms with E-state index in [0.717, 1.165) is 17.2 Å². The van der Waals surface area contributed by atoms with Crippen molar-refractivity contribution in [3.8, 4) is 11.8 Å². The van der Waals surface area contributed by atoms with Gasteiger partial charge < -0.3 is 0 Å². The van der Waals surface area contributed by atoms with Gasteiger partial charge in [0.2, 0.25) is 0 Å². The first-order valence-corrected chi connectivity index (χ1v) is 8.89. The van der Waals surface area contributed by atoms with Crippen molar-refractivity contribution in [1.29, 1.82) is 0 Å². The van der Waals surface area contributed by atoms with Crippen molar-refractivity contribution in [1.82, 2.24) is 0 Å². The fourth-order valence-electron chi connectivity index (χ4n) is 2.57. The number of hydrogen-bond donors (Lipinski definition) is 1. The van der Waals surface area contributed by atoms with Crippen LogP contribution in [0.25, 0.3) is 0 Å². The Morgan fingerprint density at radius 1 is 0.900 bits per heavy atom. The van der Waals surface area contributed by atoms with E-state index in [4.69, 9.17) is 0 Å². The summed E-state index contributed by atoms with van der Waals surface area (Å²) in [6, 6.07) is 22.2. The average molecular weight is 400 g/mol. The summed E-state index contributed by atoms with van der Waals surface area (Å²) in [4.78, 5) is 20.8. The van der Waals surface area contributed by atoms with Crippen molar-refractivity contribution in [2.24, 2.45) is 5.10 Å². The normalized spacial score (nSPS) is 10.6. The number of hydrazone groups is 1. The lowest BCUT2D eigenvalue weighted by molar-refractivity contribution is -0.393. The van der Waals surface area contributed by atoms with E-state index >= 15 is 0 Å². The molecule has 3 aromatic carbocycles. The van der Waals surface area contributed by atoms with Crippen molar-refractivity contribution in [2.75, 3.05) is 5.43 Å². The monoisotopic (exact) mass is 400 g/mol. The van der Waals surface area contributed by atoms with Crippen LogP contribution in [0.3, 0.4) is 0 Å². The first kappa shape index (κ1) is 20.2. The standard InChI is InChI=1S/C22H16N4O4/c27-25(28)20-13-14-21(22(16-20)26(29)30)24-23-19(15-18-9-5-2-6-10-18)12-11-17-7-3-1-4-8-17/h1-10,13-14,16,24H,15H2. The molecule has 148 valence electrons. The van der Waals surface area contributed by atoms with E-state index in [2.05, 4.69) is 22.4 Å². The van der Waals surface area contributed by atoms with Crippen LogP contribution in [0.4, 0.5) is 17.1 Å². The Hall–Kier alpha value is -4.51. The van der Waals surface area contributed by atoms with Crippen LogP contribution >= 0.6 is 0 Å². The predicted molar refractivity (Wildman–Crippen MR) is 114 cm³/mol. The maximum absolute atomic E-state index is 11.3. The fraction of sp³-hybridized carbons (Fsp3) is 0.0455. The highest BCUT2D eigenvalue weighted by Crippen LogP contribution is 2.28. The van der Waals surface area contributed by atoms with Gasteiger partial charge >= 0.3 is 5.69 Å². The summed E-state index contributed by atoms with van der Waals surface area (Å²) in [7, 11) is 0. The molecule has 0 aromatic heterocycles. The van der Waals surface area contributed by atoms with Gasteiger partial charge in [-0.2, -0.15) is 5.10 Å². The van der Waals surface area contributed by atoms with Crippen molar-refractivity contribution in [3.63, 3.8) is 0 Å². The highest BCUT2D eigenvalue weighted by atomic mass is 16.6. The molecule has 0 bridgehead atoms. The van der Waals surface area contributed by atoms with Gasteiger partial charge in [0.25, 0.3) is 5.69 Å². The largest absolute Gasteiger partial charge is 0.301 e. The molecule has 8 heteroatoms. The van der Waals surface area contributed by atoms with E-state index in [1.54, 1.807) is 0 Å². The average Bonchev–Trinajstić information content (AvgIpc) is 2.76. The van der Waals surface area contributed by atoms with E-state index in [-0.39, 0.29) is 11.4 Å². The summed E-state index contributed by atoms with van der Waals surface area (Å²) in [6.07, 6.45) is 0.411. The third-order valence-electron chi connectivity index (χ3n) is 4.04. The molecule has 3 rings (SSSR count). The third kappa shape index (κ3) is 5.50. The van der Waals surface area contributed by atoms with Crippen molar-refractivity contribution < 1.29 is 9.85 Å². The molecule has 1 N–H and O–H groups in total. The van der Waals surface area contributed by atoms with E-state index in [1.165, 1.54) is 12.1 Å². The molecule has 0 unspecified atom stereocenters. The first-order chi connectivity index (χ1) is 14.5. The Bertz CT molecular complexity index is 1150. The Balaban J connectivity index is 1.92. The topological polar surface area (TPSA) is 111 Å². The Morgan fingerprint density at radius 2 is 1.57 bits per heavy atom. The van der Waals surface area contributed by atoms with Gasteiger partial charge in [0.15, 0.2) is 0 Å². The zero-order valence-corrected chi connectivity index (χ0v) is 15.7. The summed E-state index contributed by atoms with van der Waals surface area (Å²) in [5, 5.41) is 26.4. The van der Waals surface area contributed by atoms with Gasteiger partial charge in [-0.1, -0.05) is 54.5 Å². The molecule has 3 aromatic rings. The molecule has 8 nitrogen and oxygen atoms in total. The van der Waals surface area contributed by atoms with Crippen LogP contribution in [0.1, 0.15) is 11.1 Å². The lowest BCUT2D eigenvalue weighted by Gasteiger charge is -2.04. The number of nitrogens with one attached hydrogen (secondary N) is 1. The Kier molecular flexibility index (Phi) is 6.48. The molecular weight excluding hydrogens is 384 g/mol. The molecule has 30 heavy (non-hydrogen) atoms. The van der Waals surface area contributed by atoms with Crippen LogP contribution in [-0.4, -0.2) is 15.6 Å². The molecule has 0 saturated carbocycles. The van der Waals surface area contributed by atoms with Gasteiger partial charge in [-0.3, -0.25) is 25.7 Å². The zero-order chi connectivity index (χ0) is 21.3. The number of nitro benzene ring substituents is 2. The van der Waals surface area contributed by atoms with Crippen molar-refractivity contribution in [3.05, 3.63) is 110 Å². The minimum atomic E-state index is -0.697. The molecule has 0 spiro atoms. The minimum absolute atomic E-state index is 0.0395. The maximum Gasteiger partial charge on any atom is 0.301 e. The van der Waals surface area contributed by atoms with Crippen molar-refractivity contribution >= 4 is 22.8 Å². The zero-order valence-electron chi connectivity index (χ0n) is 15.7. The number of hydrogen-bond acceptors (Lipinski definition) is 6. The summed E-state index contributed by atoms with van der Waals surface area (Å²) < 4.78 is 0. The number of non-ortho nitro benzene ring substituents is 1. The molecule has 0 aliphatic heterocycles. The van der Waals surface area contributed by atoms with Gasteiger partial charge in [-0.25, -0.2) is 0 Å². The Labute approximate surface area is 172 Å². The van der Waals surface area contributed by atoms with Gasteiger partial charge in [0.05, 0.1) is 15.9 Å². The van der Waals surface area contributed by atoms with Crippen LogP contribution < -0.4 is 5.43 Å². The molecule has 0 fully saturated rings. The highest BCUT2D eigenvalue weighted by molar-refractivity contribution is 6.02. The van der Waals surface area contributed by atoms with Gasteiger partial charge in [0, 0.05) is 18.1 Å². The number of benzene rings is 3. The molecular formula is C22H16N4O4.